The van der Waals surface area contributed by atoms with Crippen LogP contribution in [0.1, 0.15) is 284 Å². The van der Waals surface area contributed by atoms with Crippen LogP contribution in [0.2, 0.25) is 0 Å². The zero-order valence-corrected chi connectivity index (χ0v) is 58.9. The van der Waals surface area contributed by atoms with E-state index in [4.69, 9.17) is 18.9 Å². The molecule has 0 aromatic rings. The van der Waals surface area contributed by atoms with Crippen LogP contribution in [-0.2, 0) is 33.3 Å². The molecule has 0 saturated heterocycles. The SMILES string of the molecule is CC/C=C\C/C=C\C/C=C\C/C=C\C/C=C\C/C=C\C/C=C\C/C=C\CCCCCCCCC(=O)OC(COC(=O)CCCCCCCCCCCCCCCCCCCCC/C=C\C/C=C\C/C=C\C/C=C\C/C=C\CC)COC(OCC[N+](C)(C)C)C(=O)O. The lowest BCUT2D eigenvalue weighted by atomic mass is 10.0. The Hall–Kier alpha value is -5.09. The van der Waals surface area contributed by atoms with Gasteiger partial charge in [0.1, 0.15) is 13.2 Å². The molecule has 0 spiro atoms. The summed E-state index contributed by atoms with van der Waals surface area (Å²) in [5.41, 5.74) is 0. The minimum atomic E-state index is -1.52. The number of aliphatic carboxylic acids is 1. The maximum absolute atomic E-state index is 13.0. The fourth-order valence-corrected chi connectivity index (χ4v) is 9.76. The second-order valence-electron chi connectivity index (χ2n) is 25.1. The average molecular weight is 1260 g/mol. The third-order valence-corrected chi connectivity index (χ3v) is 15.3. The van der Waals surface area contributed by atoms with Gasteiger partial charge >= 0.3 is 17.9 Å². The second kappa shape index (κ2) is 70.8. The number of allylic oxidation sites excluding steroid dienone is 26. The summed E-state index contributed by atoms with van der Waals surface area (Å²) in [5, 5.41) is 9.76. The first-order valence-corrected chi connectivity index (χ1v) is 36.6. The van der Waals surface area contributed by atoms with Crippen LogP contribution in [0.4, 0.5) is 0 Å². The zero-order valence-electron chi connectivity index (χ0n) is 58.9. The normalized spacial score (nSPS) is 13.6. The maximum atomic E-state index is 13.0. The molecule has 0 bridgehead atoms. The summed E-state index contributed by atoms with van der Waals surface area (Å²) in [5.74, 6) is -2.03. The van der Waals surface area contributed by atoms with Gasteiger partial charge in [0.15, 0.2) is 6.10 Å². The Bertz CT molecular complexity index is 2060. The van der Waals surface area contributed by atoms with Crippen LogP contribution in [0.3, 0.4) is 0 Å². The highest BCUT2D eigenvalue weighted by Gasteiger charge is 2.25. The molecule has 516 valence electrons. The monoisotopic (exact) mass is 1260 g/mol. The Kier molecular flexibility index (Phi) is 66.8. The highest BCUT2D eigenvalue weighted by Crippen LogP contribution is 2.17. The van der Waals surface area contributed by atoms with E-state index in [1.165, 1.54) is 109 Å². The molecule has 0 heterocycles. The van der Waals surface area contributed by atoms with Crippen molar-refractivity contribution in [2.75, 3.05) is 47.5 Å². The van der Waals surface area contributed by atoms with Gasteiger partial charge in [-0.15, -0.1) is 0 Å². The van der Waals surface area contributed by atoms with Gasteiger partial charge < -0.3 is 28.5 Å². The second-order valence-corrected chi connectivity index (χ2v) is 25.1. The lowest BCUT2D eigenvalue weighted by Crippen LogP contribution is -2.40. The van der Waals surface area contributed by atoms with Crippen LogP contribution < -0.4 is 0 Å². The summed E-state index contributed by atoms with van der Waals surface area (Å²) in [6, 6.07) is 0. The van der Waals surface area contributed by atoms with Crippen LogP contribution in [0.25, 0.3) is 0 Å². The Morgan fingerprint density at radius 3 is 0.879 bits per heavy atom. The van der Waals surface area contributed by atoms with Crippen molar-refractivity contribution in [2.24, 2.45) is 0 Å². The Balaban J connectivity index is 4.14. The van der Waals surface area contributed by atoms with Gasteiger partial charge in [-0.05, 0) is 122 Å². The van der Waals surface area contributed by atoms with E-state index < -0.39 is 24.3 Å². The summed E-state index contributed by atoms with van der Waals surface area (Å²) in [7, 11) is 5.97. The maximum Gasteiger partial charge on any atom is 0.361 e. The van der Waals surface area contributed by atoms with Gasteiger partial charge in [0.25, 0.3) is 6.29 Å². The lowest BCUT2D eigenvalue weighted by molar-refractivity contribution is -0.870. The molecule has 0 saturated carbocycles. The molecule has 0 amide bonds. The number of ether oxygens (including phenoxy) is 4. The number of rotatable bonds is 66. The third-order valence-electron chi connectivity index (χ3n) is 15.3. The highest BCUT2D eigenvalue weighted by molar-refractivity contribution is 5.71. The fourth-order valence-electron chi connectivity index (χ4n) is 9.76. The summed E-state index contributed by atoms with van der Waals surface area (Å²) >= 11 is 0. The number of esters is 2. The van der Waals surface area contributed by atoms with Crippen LogP contribution >= 0.6 is 0 Å². The molecule has 2 unspecified atom stereocenters. The minimum Gasteiger partial charge on any atom is -0.477 e. The predicted molar refractivity (Wildman–Crippen MR) is 391 cm³/mol. The van der Waals surface area contributed by atoms with E-state index in [0.717, 1.165) is 141 Å². The van der Waals surface area contributed by atoms with Gasteiger partial charge in [0.05, 0.1) is 34.4 Å². The van der Waals surface area contributed by atoms with Crippen molar-refractivity contribution in [3.05, 3.63) is 158 Å². The van der Waals surface area contributed by atoms with E-state index in [9.17, 15) is 19.5 Å². The molecule has 9 heteroatoms. The molecule has 0 aliphatic carbocycles. The van der Waals surface area contributed by atoms with Gasteiger partial charge in [0.2, 0.25) is 0 Å². The number of carboxylic acids is 1. The van der Waals surface area contributed by atoms with E-state index in [-0.39, 0.29) is 32.2 Å². The summed E-state index contributed by atoms with van der Waals surface area (Å²) in [6.45, 7) is 4.64. The quantitative estimate of drug-likeness (QED) is 0.0211. The van der Waals surface area contributed by atoms with E-state index in [1.807, 2.05) is 21.1 Å². The first-order valence-electron chi connectivity index (χ1n) is 36.6. The van der Waals surface area contributed by atoms with Gasteiger partial charge in [-0.1, -0.05) is 307 Å². The number of carbonyl (C=O) groups is 3. The number of nitrogens with zero attached hydrogens (tertiary/aromatic N) is 1. The van der Waals surface area contributed by atoms with E-state index in [1.54, 1.807) is 0 Å². The number of quaternary nitrogens is 1. The average Bonchev–Trinajstić information content (AvgIpc) is 3.65. The van der Waals surface area contributed by atoms with E-state index in [0.29, 0.717) is 23.9 Å². The summed E-state index contributed by atoms with van der Waals surface area (Å²) < 4.78 is 23.0. The molecule has 0 aromatic heterocycles. The molecule has 0 rings (SSSR count). The van der Waals surface area contributed by atoms with Crippen molar-refractivity contribution in [1.29, 1.82) is 0 Å². The minimum absolute atomic E-state index is 0.178. The Morgan fingerprint density at radius 2 is 0.593 bits per heavy atom. The van der Waals surface area contributed by atoms with Gasteiger partial charge in [-0.25, -0.2) is 4.79 Å². The number of carbonyl (C=O) groups excluding carboxylic acids is 2. The van der Waals surface area contributed by atoms with Crippen molar-refractivity contribution in [3.8, 4) is 0 Å². The van der Waals surface area contributed by atoms with Crippen LogP contribution in [0.5, 0.6) is 0 Å². The smallest absolute Gasteiger partial charge is 0.361 e. The first kappa shape index (κ1) is 85.9. The molecule has 0 aliphatic heterocycles. The van der Waals surface area contributed by atoms with Gasteiger partial charge in [0, 0.05) is 12.8 Å². The van der Waals surface area contributed by atoms with E-state index in [2.05, 4.69) is 172 Å². The molecule has 9 nitrogen and oxygen atoms in total. The molecule has 0 fully saturated rings. The molecule has 2 atom stereocenters. The molecule has 1 N–H and O–H groups in total. The number of carboxylic acid groups (broad SMARTS) is 1. The molecule has 91 heavy (non-hydrogen) atoms. The third kappa shape index (κ3) is 72.2. The Labute approximate surface area is 559 Å². The van der Waals surface area contributed by atoms with Crippen molar-refractivity contribution >= 4 is 17.9 Å². The van der Waals surface area contributed by atoms with Gasteiger partial charge in [-0.3, -0.25) is 9.59 Å². The predicted octanol–water partition coefficient (Wildman–Crippen LogP) is 23.2. The topological polar surface area (TPSA) is 108 Å². The number of likely N-dealkylation sites (N-methyl/N-ethyl adjacent to an activating group) is 1. The first-order chi connectivity index (χ1) is 44.6. The zero-order chi connectivity index (χ0) is 66.1. The largest absolute Gasteiger partial charge is 0.477 e. The van der Waals surface area contributed by atoms with Crippen LogP contribution in [0.15, 0.2) is 158 Å². The Morgan fingerprint density at radius 1 is 0.330 bits per heavy atom. The van der Waals surface area contributed by atoms with E-state index >= 15 is 0 Å². The van der Waals surface area contributed by atoms with Crippen molar-refractivity contribution in [1.82, 2.24) is 0 Å². The van der Waals surface area contributed by atoms with Crippen molar-refractivity contribution < 1.29 is 42.9 Å². The molecule has 0 aromatic carbocycles. The number of hydrogen-bond acceptors (Lipinski definition) is 7. The molecule has 0 radical (unpaired) electrons. The fraction of sp³-hybridized carbons (Fsp3) is 0.646. The highest BCUT2D eigenvalue weighted by atomic mass is 16.7. The molecule has 0 aliphatic rings. The lowest BCUT2D eigenvalue weighted by Gasteiger charge is -2.25. The van der Waals surface area contributed by atoms with Gasteiger partial charge in [-0.2, -0.15) is 0 Å². The van der Waals surface area contributed by atoms with Crippen molar-refractivity contribution in [2.45, 2.75) is 296 Å². The molecular formula is C82H136NO8+. The summed E-state index contributed by atoms with van der Waals surface area (Å²) in [4.78, 5) is 37.7. The van der Waals surface area contributed by atoms with Crippen LogP contribution in [-0.4, -0.2) is 87.4 Å². The number of hydrogen-bond donors (Lipinski definition) is 1. The summed E-state index contributed by atoms with van der Waals surface area (Å²) in [6.07, 6.45) is 102. The van der Waals surface area contributed by atoms with Crippen LogP contribution in [0, 0.1) is 0 Å². The standard InChI is InChI=1S/C82H135NO8/c1-6-8-10-12-14-16-18-20-22-24-26-28-30-32-34-36-38-39-40-41-43-44-46-48-50-52-54-56-58-60-62-64-66-68-70-72-79(84)89-76-78(77-90-82(81(86)87)88-75-74-83(3,4)5)91-80(85)73-71-69-67-65-63-61-59-57-55-53-51-49-47-45-42-37-35-33-31-29-27-25-23-21-19-17-15-13-11-9-7-2/h8-11,14-17,20-23,26-29,32-35,42,45,49,51,55,57,78,82H,6-7,12-13,18-19,24-25,30-31,36-41,43-44,46-48,50,52-54,56,58-77H2,1-5H3/p+1/b10-8-,11-9-,16-14-,17-15-,22-20-,23-21-,28-26-,29-27-,34-32-,35-33-,45-42-,51-49-,57-55-. The van der Waals surface area contributed by atoms with Crippen molar-refractivity contribution in [3.63, 3.8) is 0 Å². The molecular weight excluding hydrogens is 1130 g/mol. The number of unbranched alkanes of at least 4 members (excludes halogenated alkanes) is 25.